The first-order chi connectivity index (χ1) is 13.4. The summed E-state index contributed by atoms with van der Waals surface area (Å²) in [4.78, 5) is 28.2. The zero-order valence-corrected chi connectivity index (χ0v) is 21.5. The predicted octanol–water partition coefficient (Wildman–Crippen LogP) is 3.16. The molecule has 0 aromatic heterocycles. The number of halogens is 2. The summed E-state index contributed by atoms with van der Waals surface area (Å²) < 4.78 is 5.28. The fourth-order valence-electron chi connectivity index (χ4n) is 2.25. The molecule has 1 rings (SSSR count). The zero-order valence-electron chi connectivity index (χ0n) is 18.4. The van der Waals surface area contributed by atoms with Gasteiger partial charge in [0.05, 0.1) is 16.1 Å². The van der Waals surface area contributed by atoms with E-state index in [2.05, 4.69) is 26.3 Å². The number of nitrogens with one attached hydrogen (secondary N) is 4. The standard InChI is InChI=1S/C20H32ClN5O3.HI/c1-19(2,3)29-18(28)26-20(4,5)13-25-17(22-6)24-12-11-23-16(27)14-9-7-8-10-15(14)21;/h7-10H,11-13H2,1-6H3,(H,23,27)(H,26,28)(H2,22,24,25);1H. The van der Waals surface area contributed by atoms with Crippen molar-refractivity contribution in [1.82, 2.24) is 21.3 Å². The van der Waals surface area contributed by atoms with Gasteiger partial charge < -0.3 is 26.0 Å². The molecule has 170 valence electrons. The number of rotatable bonds is 7. The lowest BCUT2D eigenvalue weighted by atomic mass is 10.1. The first kappa shape index (κ1) is 28.2. The van der Waals surface area contributed by atoms with E-state index in [9.17, 15) is 9.59 Å². The Bertz CT molecular complexity index is 735. The van der Waals surface area contributed by atoms with Gasteiger partial charge >= 0.3 is 6.09 Å². The van der Waals surface area contributed by atoms with E-state index in [1.54, 1.807) is 31.3 Å². The third kappa shape index (κ3) is 11.4. The van der Waals surface area contributed by atoms with Crippen LogP contribution in [-0.4, -0.2) is 55.8 Å². The van der Waals surface area contributed by atoms with Gasteiger partial charge in [-0.05, 0) is 46.8 Å². The van der Waals surface area contributed by atoms with Crippen LogP contribution >= 0.6 is 35.6 Å². The van der Waals surface area contributed by atoms with Gasteiger partial charge in [0.15, 0.2) is 5.96 Å². The molecule has 4 N–H and O–H groups in total. The summed E-state index contributed by atoms with van der Waals surface area (Å²) in [6.45, 7) is 10.5. The Hall–Kier alpha value is -1.75. The van der Waals surface area contributed by atoms with Crippen LogP contribution in [0.5, 0.6) is 0 Å². The largest absolute Gasteiger partial charge is 0.444 e. The van der Waals surface area contributed by atoms with E-state index in [4.69, 9.17) is 16.3 Å². The fraction of sp³-hybridized carbons (Fsp3) is 0.550. The lowest BCUT2D eigenvalue weighted by molar-refractivity contribution is 0.0473. The molecular formula is C20H33ClIN5O3. The van der Waals surface area contributed by atoms with Gasteiger partial charge in [0.2, 0.25) is 0 Å². The summed E-state index contributed by atoms with van der Waals surface area (Å²) >= 11 is 6.02. The number of hydrogen-bond acceptors (Lipinski definition) is 4. The van der Waals surface area contributed by atoms with Crippen LogP contribution in [0.2, 0.25) is 5.02 Å². The van der Waals surface area contributed by atoms with E-state index >= 15 is 0 Å². The number of amides is 2. The topological polar surface area (TPSA) is 104 Å². The minimum absolute atomic E-state index is 0. The van der Waals surface area contributed by atoms with Gasteiger partial charge in [-0.25, -0.2) is 4.79 Å². The fourth-order valence-corrected chi connectivity index (χ4v) is 2.47. The summed E-state index contributed by atoms with van der Waals surface area (Å²) in [5.74, 6) is 0.319. The maximum absolute atomic E-state index is 12.1. The van der Waals surface area contributed by atoms with E-state index in [0.29, 0.717) is 36.2 Å². The average Bonchev–Trinajstić information content (AvgIpc) is 2.59. The first-order valence-electron chi connectivity index (χ1n) is 9.42. The molecule has 0 spiro atoms. The molecule has 0 atom stereocenters. The lowest BCUT2D eigenvalue weighted by Gasteiger charge is -2.29. The van der Waals surface area contributed by atoms with Gasteiger partial charge in [0.1, 0.15) is 5.60 Å². The zero-order chi connectivity index (χ0) is 22.1. The second-order valence-corrected chi connectivity index (χ2v) is 8.51. The lowest BCUT2D eigenvalue weighted by Crippen LogP contribution is -2.54. The predicted molar refractivity (Wildman–Crippen MR) is 132 cm³/mol. The molecule has 0 fully saturated rings. The van der Waals surface area contributed by atoms with Gasteiger partial charge in [-0.15, -0.1) is 24.0 Å². The maximum Gasteiger partial charge on any atom is 0.408 e. The third-order valence-corrected chi connectivity index (χ3v) is 3.91. The normalized spacial score (nSPS) is 11.8. The van der Waals surface area contributed by atoms with Crippen LogP contribution < -0.4 is 21.3 Å². The number of aliphatic imine (C=N–C) groups is 1. The third-order valence-electron chi connectivity index (χ3n) is 3.58. The minimum atomic E-state index is -0.557. The summed E-state index contributed by atoms with van der Waals surface area (Å²) in [5.41, 5.74) is -0.677. The summed E-state index contributed by atoms with van der Waals surface area (Å²) in [7, 11) is 1.64. The molecule has 10 heteroatoms. The van der Waals surface area contributed by atoms with E-state index < -0.39 is 17.2 Å². The van der Waals surface area contributed by atoms with E-state index in [1.165, 1.54) is 0 Å². The minimum Gasteiger partial charge on any atom is -0.444 e. The number of carbonyl (C=O) groups is 2. The Kier molecular flexibility index (Phi) is 12.1. The molecule has 0 aliphatic carbocycles. The van der Waals surface area contributed by atoms with Crippen molar-refractivity contribution in [3.63, 3.8) is 0 Å². The Morgan fingerprint density at radius 3 is 2.20 bits per heavy atom. The van der Waals surface area contributed by atoms with Crippen molar-refractivity contribution >= 4 is 53.5 Å². The van der Waals surface area contributed by atoms with Crippen LogP contribution in [0.25, 0.3) is 0 Å². The van der Waals surface area contributed by atoms with Crippen LogP contribution in [-0.2, 0) is 4.74 Å². The Balaban J connectivity index is 0.00000841. The van der Waals surface area contributed by atoms with Crippen LogP contribution in [0, 0.1) is 0 Å². The van der Waals surface area contributed by atoms with Crippen LogP contribution in [0.3, 0.4) is 0 Å². The van der Waals surface area contributed by atoms with Crippen molar-refractivity contribution in [3.8, 4) is 0 Å². The van der Waals surface area contributed by atoms with Crippen molar-refractivity contribution in [2.75, 3.05) is 26.7 Å². The molecule has 2 amide bonds. The van der Waals surface area contributed by atoms with E-state index in [-0.39, 0.29) is 29.9 Å². The second kappa shape index (κ2) is 12.8. The molecule has 8 nitrogen and oxygen atoms in total. The van der Waals surface area contributed by atoms with Crippen molar-refractivity contribution in [2.24, 2.45) is 4.99 Å². The highest BCUT2D eigenvalue weighted by Crippen LogP contribution is 2.14. The summed E-state index contributed by atoms with van der Waals surface area (Å²) in [6.07, 6.45) is -0.477. The quantitative estimate of drug-likeness (QED) is 0.180. The molecule has 0 aliphatic rings. The van der Waals surface area contributed by atoms with Crippen molar-refractivity contribution in [3.05, 3.63) is 34.9 Å². The molecule has 0 radical (unpaired) electrons. The van der Waals surface area contributed by atoms with Crippen LogP contribution in [0.4, 0.5) is 4.79 Å². The van der Waals surface area contributed by atoms with Gasteiger partial charge in [-0.3, -0.25) is 9.79 Å². The molecule has 1 aromatic rings. The molecule has 0 saturated carbocycles. The molecule has 0 bridgehead atoms. The molecule has 30 heavy (non-hydrogen) atoms. The van der Waals surface area contributed by atoms with Crippen LogP contribution in [0.15, 0.2) is 29.3 Å². The SMILES string of the molecule is CN=C(NCCNC(=O)c1ccccc1Cl)NCC(C)(C)NC(=O)OC(C)(C)C.I. The summed E-state index contributed by atoms with van der Waals surface area (Å²) in [5, 5.41) is 12.3. The molecule has 0 unspecified atom stereocenters. The van der Waals surface area contributed by atoms with Crippen LogP contribution in [0.1, 0.15) is 45.0 Å². The Labute approximate surface area is 201 Å². The molecule has 0 heterocycles. The van der Waals surface area contributed by atoms with E-state index in [0.717, 1.165) is 0 Å². The molecule has 0 aliphatic heterocycles. The highest BCUT2D eigenvalue weighted by atomic mass is 127. The van der Waals surface area contributed by atoms with Gasteiger partial charge in [-0.2, -0.15) is 0 Å². The molecular weight excluding hydrogens is 521 g/mol. The first-order valence-corrected chi connectivity index (χ1v) is 9.80. The highest BCUT2D eigenvalue weighted by molar-refractivity contribution is 14.0. The number of ether oxygens (including phenoxy) is 1. The maximum atomic E-state index is 12.1. The Morgan fingerprint density at radius 1 is 1.03 bits per heavy atom. The number of guanidine groups is 1. The van der Waals surface area contributed by atoms with E-state index in [1.807, 2.05) is 34.6 Å². The van der Waals surface area contributed by atoms with Crippen molar-refractivity contribution < 1.29 is 14.3 Å². The van der Waals surface area contributed by atoms with Gasteiger partial charge in [-0.1, -0.05) is 23.7 Å². The highest BCUT2D eigenvalue weighted by Gasteiger charge is 2.24. The molecule has 1 aromatic carbocycles. The number of benzene rings is 1. The number of hydrogen-bond donors (Lipinski definition) is 4. The molecule has 0 saturated heterocycles. The average molecular weight is 554 g/mol. The number of nitrogens with zero attached hydrogens (tertiary/aromatic N) is 1. The van der Waals surface area contributed by atoms with Crippen molar-refractivity contribution in [2.45, 2.75) is 45.8 Å². The summed E-state index contributed by atoms with van der Waals surface area (Å²) in [6, 6.07) is 6.88. The van der Waals surface area contributed by atoms with Gasteiger partial charge in [0, 0.05) is 26.7 Å². The second-order valence-electron chi connectivity index (χ2n) is 8.10. The van der Waals surface area contributed by atoms with Crippen molar-refractivity contribution in [1.29, 1.82) is 0 Å². The smallest absolute Gasteiger partial charge is 0.408 e. The monoisotopic (exact) mass is 553 g/mol. The Morgan fingerprint density at radius 2 is 1.63 bits per heavy atom. The number of alkyl carbamates (subject to hydrolysis) is 1. The number of carbonyl (C=O) groups excluding carboxylic acids is 2. The van der Waals surface area contributed by atoms with Gasteiger partial charge in [0.25, 0.3) is 5.91 Å².